The molecule has 6 heteroatoms. The van der Waals surface area contributed by atoms with Crippen LogP contribution in [-0.2, 0) is 0 Å². The maximum Gasteiger partial charge on any atom is 0.257 e. The fourth-order valence-corrected chi connectivity index (χ4v) is 2.73. The molecular weight excluding hydrogens is 318 g/mol. The zero-order valence-corrected chi connectivity index (χ0v) is 13.3. The molecule has 0 spiro atoms. The highest BCUT2D eigenvalue weighted by atomic mass is 35.5. The van der Waals surface area contributed by atoms with Crippen LogP contribution >= 0.6 is 22.9 Å². The zero-order chi connectivity index (χ0) is 15.5. The number of carbonyl (C=O) groups excluding carboxylic acids is 1. The highest BCUT2D eigenvalue weighted by Gasteiger charge is 2.11. The molecule has 4 nitrogen and oxygen atoms in total. The Bertz CT molecular complexity index is 797. The van der Waals surface area contributed by atoms with Crippen LogP contribution in [0.1, 0.15) is 15.9 Å². The van der Waals surface area contributed by atoms with Gasteiger partial charge in [0.25, 0.3) is 5.91 Å². The Balaban J connectivity index is 1.75. The van der Waals surface area contributed by atoms with Crippen molar-refractivity contribution in [2.24, 2.45) is 0 Å². The van der Waals surface area contributed by atoms with Crippen LogP contribution in [0.5, 0.6) is 0 Å². The number of rotatable bonds is 3. The summed E-state index contributed by atoms with van der Waals surface area (Å²) in [5.74, 6) is -0.233. The predicted molar refractivity (Wildman–Crippen MR) is 89.5 cm³/mol. The Morgan fingerprint density at radius 1 is 1.05 bits per heavy atom. The van der Waals surface area contributed by atoms with Crippen molar-refractivity contribution in [3.8, 4) is 10.6 Å². The van der Waals surface area contributed by atoms with Gasteiger partial charge >= 0.3 is 0 Å². The number of halogens is 1. The van der Waals surface area contributed by atoms with Crippen LogP contribution in [0.3, 0.4) is 0 Å². The number of aromatic nitrogens is 2. The van der Waals surface area contributed by atoms with Gasteiger partial charge in [-0.15, -0.1) is 10.2 Å². The smallest absolute Gasteiger partial charge is 0.257 e. The summed E-state index contributed by atoms with van der Waals surface area (Å²) in [6.07, 6.45) is 0. The molecule has 1 heterocycles. The topological polar surface area (TPSA) is 54.9 Å². The van der Waals surface area contributed by atoms with Crippen molar-refractivity contribution in [3.05, 3.63) is 64.7 Å². The predicted octanol–water partition coefficient (Wildman–Crippen LogP) is 4.42. The molecule has 3 aromatic rings. The van der Waals surface area contributed by atoms with Crippen molar-refractivity contribution in [3.63, 3.8) is 0 Å². The Morgan fingerprint density at radius 3 is 2.41 bits per heavy atom. The van der Waals surface area contributed by atoms with Crippen LogP contribution in [0.25, 0.3) is 10.6 Å². The minimum Gasteiger partial charge on any atom is -0.296 e. The fraction of sp³-hybridized carbons (Fsp3) is 0.0625. The van der Waals surface area contributed by atoms with E-state index < -0.39 is 0 Å². The second-order valence-corrected chi connectivity index (χ2v) is 6.15. The lowest BCUT2D eigenvalue weighted by Gasteiger charge is -2.00. The lowest BCUT2D eigenvalue weighted by molar-refractivity contribution is 0.102. The lowest BCUT2D eigenvalue weighted by atomic mass is 10.2. The van der Waals surface area contributed by atoms with E-state index in [0.29, 0.717) is 15.7 Å². The van der Waals surface area contributed by atoms with Gasteiger partial charge in [-0.25, -0.2) is 0 Å². The Hall–Kier alpha value is -2.24. The van der Waals surface area contributed by atoms with Crippen molar-refractivity contribution in [1.29, 1.82) is 0 Å². The highest BCUT2D eigenvalue weighted by Crippen LogP contribution is 2.26. The van der Waals surface area contributed by atoms with Gasteiger partial charge in [-0.1, -0.05) is 52.8 Å². The van der Waals surface area contributed by atoms with Gasteiger partial charge in [-0.05, 0) is 31.2 Å². The molecule has 0 aliphatic rings. The van der Waals surface area contributed by atoms with Gasteiger partial charge in [-0.3, -0.25) is 10.1 Å². The van der Waals surface area contributed by atoms with Crippen LogP contribution in [0, 0.1) is 6.92 Å². The molecule has 22 heavy (non-hydrogen) atoms. The molecule has 0 atom stereocenters. The Labute approximate surface area is 136 Å². The lowest BCUT2D eigenvalue weighted by Crippen LogP contribution is -2.11. The summed E-state index contributed by atoms with van der Waals surface area (Å²) in [7, 11) is 0. The number of nitrogens with one attached hydrogen (secondary N) is 1. The first-order valence-corrected chi connectivity index (χ1v) is 7.79. The van der Waals surface area contributed by atoms with E-state index in [9.17, 15) is 4.79 Å². The minimum absolute atomic E-state index is 0.233. The highest BCUT2D eigenvalue weighted by molar-refractivity contribution is 7.18. The van der Waals surface area contributed by atoms with Crippen molar-refractivity contribution in [1.82, 2.24) is 10.2 Å². The largest absolute Gasteiger partial charge is 0.296 e. The van der Waals surface area contributed by atoms with Crippen LogP contribution in [0.15, 0.2) is 48.5 Å². The molecule has 0 fully saturated rings. The Kier molecular flexibility index (Phi) is 4.18. The van der Waals surface area contributed by atoms with Gasteiger partial charge in [0.1, 0.15) is 5.01 Å². The molecule has 3 rings (SSSR count). The number of anilines is 1. The molecule has 2 aromatic carbocycles. The standard InChI is InChI=1S/C16H12ClN3OS/c1-10-2-4-12(5-3-10)15-19-20-16(22-15)18-14(21)11-6-8-13(17)9-7-11/h2-9H,1H3,(H,18,20,21). The van der Waals surface area contributed by atoms with E-state index in [1.807, 2.05) is 31.2 Å². The summed E-state index contributed by atoms with van der Waals surface area (Å²) in [5, 5.41) is 12.7. The van der Waals surface area contributed by atoms with Gasteiger partial charge in [0.05, 0.1) is 0 Å². The molecule has 0 saturated heterocycles. The summed E-state index contributed by atoms with van der Waals surface area (Å²) in [5.41, 5.74) is 2.69. The van der Waals surface area contributed by atoms with Crippen LogP contribution in [-0.4, -0.2) is 16.1 Å². The number of benzene rings is 2. The molecule has 0 saturated carbocycles. The number of aryl methyl sites for hydroxylation is 1. The molecule has 0 aliphatic heterocycles. The first-order valence-electron chi connectivity index (χ1n) is 6.59. The van der Waals surface area contributed by atoms with E-state index >= 15 is 0 Å². The van der Waals surface area contributed by atoms with Crippen molar-refractivity contribution in [2.45, 2.75) is 6.92 Å². The summed E-state index contributed by atoms with van der Waals surface area (Å²) >= 11 is 7.14. The quantitative estimate of drug-likeness (QED) is 0.774. The van der Waals surface area contributed by atoms with E-state index in [-0.39, 0.29) is 5.91 Å². The minimum atomic E-state index is -0.233. The van der Waals surface area contributed by atoms with E-state index in [1.165, 1.54) is 16.9 Å². The van der Waals surface area contributed by atoms with Crippen molar-refractivity contribution >= 4 is 34.0 Å². The maximum absolute atomic E-state index is 12.1. The van der Waals surface area contributed by atoms with Gasteiger partial charge in [0, 0.05) is 16.1 Å². The molecule has 0 bridgehead atoms. The van der Waals surface area contributed by atoms with Gasteiger partial charge in [0.2, 0.25) is 5.13 Å². The average Bonchev–Trinajstić information content (AvgIpc) is 2.97. The molecule has 1 amide bonds. The third-order valence-corrected chi connectivity index (χ3v) is 4.19. The summed E-state index contributed by atoms with van der Waals surface area (Å²) in [6, 6.07) is 14.7. The molecule has 1 N–H and O–H groups in total. The molecule has 0 radical (unpaired) electrons. The molecule has 0 aliphatic carbocycles. The van der Waals surface area contributed by atoms with Gasteiger partial charge < -0.3 is 0 Å². The molecule has 0 unspecified atom stereocenters. The van der Waals surface area contributed by atoms with Crippen LogP contribution in [0.4, 0.5) is 5.13 Å². The normalized spacial score (nSPS) is 10.5. The fourth-order valence-electron chi connectivity index (χ4n) is 1.86. The summed E-state index contributed by atoms with van der Waals surface area (Å²) in [4.78, 5) is 12.1. The van der Waals surface area contributed by atoms with Gasteiger partial charge in [0.15, 0.2) is 0 Å². The Morgan fingerprint density at radius 2 is 1.73 bits per heavy atom. The number of hydrogen-bond acceptors (Lipinski definition) is 4. The number of amides is 1. The van der Waals surface area contributed by atoms with Crippen molar-refractivity contribution in [2.75, 3.05) is 5.32 Å². The second-order valence-electron chi connectivity index (χ2n) is 4.74. The monoisotopic (exact) mass is 329 g/mol. The van der Waals surface area contributed by atoms with Crippen LogP contribution in [0.2, 0.25) is 5.02 Å². The number of carbonyl (C=O) groups is 1. The SMILES string of the molecule is Cc1ccc(-c2nnc(NC(=O)c3ccc(Cl)cc3)s2)cc1. The van der Waals surface area contributed by atoms with Gasteiger partial charge in [-0.2, -0.15) is 0 Å². The second kappa shape index (κ2) is 6.25. The third kappa shape index (κ3) is 3.32. The molecular formula is C16H12ClN3OS. The van der Waals surface area contributed by atoms with E-state index in [2.05, 4.69) is 15.5 Å². The third-order valence-electron chi connectivity index (χ3n) is 3.05. The number of nitrogens with zero attached hydrogens (tertiary/aromatic N) is 2. The maximum atomic E-state index is 12.1. The number of hydrogen-bond donors (Lipinski definition) is 1. The summed E-state index contributed by atoms with van der Waals surface area (Å²) in [6.45, 7) is 2.03. The first kappa shape index (κ1) is 14.7. The molecule has 110 valence electrons. The van der Waals surface area contributed by atoms with E-state index in [1.54, 1.807) is 24.3 Å². The zero-order valence-electron chi connectivity index (χ0n) is 11.7. The van der Waals surface area contributed by atoms with E-state index in [4.69, 9.17) is 11.6 Å². The molecule has 1 aromatic heterocycles. The van der Waals surface area contributed by atoms with E-state index in [0.717, 1.165) is 10.6 Å². The first-order chi connectivity index (χ1) is 10.6. The summed E-state index contributed by atoms with van der Waals surface area (Å²) < 4.78 is 0. The van der Waals surface area contributed by atoms with Crippen molar-refractivity contribution < 1.29 is 4.79 Å². The van der Waals surface area contributed by atoms with Crippen LogP contribution < -0.4 is 5.32 Å². The average molecular weight is 330 g/mol.